The lowest BCUT2D eigenvalue weighted by Crippen LogP contribution is -1.95. The number of hydrogen-bond acceptors (Lipinski definition) is 1. The first-order valence-electron chi connectivity index (χ1n) is 4.15. The van der Waals surface area contributed by atoms with Gasteiger partial charge in [0.2, 0.25) is 0 Å². The average molecular weight is 157 g/mol. The lowest BCUT2D eigenvalue weighted by atomic mass is 10.1. The summed E-state index contributed by atoms with van der Waals surface area (Å²) in [5.41, 5.74) is 3.71. The second-order valence-electron chi connectivity index (χ2n) is 3.03. The SMILES string of the molecule is Cc1ccc(C2=NC=CC2)cc1. The van der Waals surface area contributed by atoms with Crippen LogP contribution in [-0.4, -0.2) is 5.71 Å². The van der Waals surface area contributed by atoms with Gasteiger partial charge in [-0.05, 0) is 12.5 Å². The van der Waals surface area contributed by atoms with E-state index < -0.39 is 0 Å². The summed E-state index contributed by atoms with van der Waals surface area (Å²) < 4.78 is 0. The highest BCUT2D eigenvalue weighted by Crippen LogP contribution is 2.11. The molecule has 0 spiro atoms. The molecule has 0 aromatic heterocycles. The third kappa shape index (κ3) is 1.30. The van der Waals surface area contributed by atoms with Crippen molar-refractivity contribution in [3.8, 4) is 0 Å². The van der Waals surface area contributed by atoms with Crippen LogP contribution in [0.5, 0.6) is 0 Å². The van der Waals surface area contributed by atoms with Crippen molar-refractivity contribution in [3.05, 3.63) is 47.7 Å². The van der Waals surface area contributed by atoms with Gasteiger partial charge in [-0.25, -0.2) is 0 Å². The fraction of sp³-hybridized carbons (Fsp3) is 0.182. The van der Waals surface area contributed by atoms with E-state index in [9.17, 15) is 0 Å². The molecule has 0 amide bonds. The van der Waals surface area contributed by atoms with E-state index in [1.807, 2.05) is 6.20 Å². The summed E-state index contributed by atoms with van der Waals surface area (Å²) in [5.74, 6) is 0. The largest absolute Gasteiger partial charge is 0.261 e. The number of nitrogens with zero attached hydrogens (tertiary/aromatic N) is 1. The molecule has 0 saturated heterocycles. The lowest BCUT2D eigenvalue weighted by Gasteiger charge is -1.99. The van der Waals surface area contributed by atoms with Gasteiger partial charge in [-0.2, -0.15) is 0 Å². The van der Waals surface area contributed by atoms with Gasteiger partial charge in [0.1, 0.15) is 0 Å². The maximum absolute atomic E-state index is 4.27. The Bertz CT molecular complexity index is 331. The van der Waals surface area contributed by atoms with Crippen molar-refractivity contribution in [2.24, 2.45) is 4.99 Å². The molecule has 0 aliphatic carbocycles. The Morgan fingerprint density at radius 1 is 1.17 bits per heavy atom. The van der Waals surface area contributed by atoms with Crippen LogP contribution in [0.2, 0.25) is 0 Å². The number of aliphatic imine (C=N–C) groups is 1. The minimum atomic E-state index is 0.975. The molecule has 0 radical (unpaired) electrons. The molecule has 0 N–H and O–H groups in total. The topological polar surface area (TPSA) is 12.4 Å². The van der Waals surface area contributed by atoms with Gasteiger partial charge in [-0.1, -0.05) is 35.9 Å². The van der Waals surface area contributed by atoms with Crippen LogP contribution in [0.15, 0.2) is 41.5 Å². The summed E-state index contributed by atoms with van der Waals surface area (Å²) in [5, 5.41) is 0. The second kappa shape index (κ2) is 2.94. The van der Waals surface area contributed by atoms with Crippen LogP contribution in [-0.2, 0) is 0 Å². The number of aryl methyl sites for hydroxylation is 1. The highest BCUT2D eigenvalue weighted by molar-refractivity contribution is 6.02. The normalized spacial score (nSPS) is 14.9. The summed E-state index contributed by atoms with van der Waals surface area (Å²) in [4.78, 5) is 4.27. The highest BCUT2D eigenvalue weighted by Gasteiger charge is 2.03. The van der Waals surface area contributed by atoms with Gasteiger partial charge in [0.25, 0.3) is 0 Å². The van der Waals surface area contributed by atoms with Crippen LogP contribution in [0.1, 0.15) is 17.5 Å². The Kier molecular flexibility index (Phi) is 1.78. The molecule has 1 heteroatoms. The Balaban J connectivity index is 2.30. The fourth-order valence-corrected chi connectivity index (χ4v) is 1.30. The van der Waals surface area contributed by atoms with Crippen molar-refractivity contribution in [2.45, 2.75) is 13.3 Å². The quantitative estimate of drug-likeness (QED) is 0.594. The number of allylic oxidation sites excluding steroid dienone is 1. The zero-order valence-corrected chi connectivity index (χ0v) is 7.12. The Hall–Kier alpha value is -1.37. The van der Waals surface area contributed by atoms with Gasteiger partial charge < -0.3 is 0 Å². The first kappa shape index (κ1) is 7.29. The van der Waals surface area contributed by atoms with Crippen molar-refractivity contribution in [1.29, 1.82) is 0 Å². The van der Waals surface area contributed by atoms with E-state index in [-0.39, 0.29) is 0 Å². The van der Waals surface area contributed by atoms with Gasteiger partial charge >= 0.3 is 0 Å². The summed E-state index contributed by atoms with van der Waals surface area (Å²) in [6.45, 7) is 2.10. The minimum absolute atomic E-state index is 0.975. The molecule has 0 unspecified atom stereocenters. The van der Waals surface area contributed by atoms with Crippen molar-refractivity contribution in [3.63, 3.8) is 0 Å². The van der Waals surface area contributed by atoms with Crippen molar-refractivity contribution >= 4 is 5.71 Å². The van der Waals surface area contributed by atoms with E-state index in [1.165, 1.54) is 16.8 Å². The lowest BCUT2D eigenvalue weighted by molar-refractivity contribution is 1.43. The summed E-state index contributed by atoms with van der Waals surface area (Å²) in [6.07, 6.45) is 4.92. The molecule has 2 rings (SSSR count). The van der Waals surface area contributed by atoms with Gasteiger partial charge in [-0.3, -0.25) is 4.99 Å². The van der Waals surface area contributed by atoms with Crippen LogP contribution in [0.3, 0.4) is 0 Å². The molecule has 1 aliphatic rings. The fourth-order valence-electron chi connectivity index (χ4n) is 1.30. The molecule has 1 aromatic rings. The molecule has 1 nitrogen and oxygen atoms in total. The predicted molar refractivity (Wildman–Crippen MR) is 51.5 cm³/mol. The monoisotopic (exact) mass is 157 g/mol. The summed E-state index contributed by atoms with van der Waals surface area (Å²) in [6, 6.07) is 8.49. The number of benzene rings is 1. The number of rotatable bonds is 1. The molecular weight excluding hydrogens is 146 g/mol. The van der Waals surface area contributed by atoms with Crippen molar-refractivity contribution in [1.82, 2.24) is 0 Å². The third-order valence-corrected chi connectivity index (χ3v) is 2.03. The molecule has 0 saturated carbocycles. The molecule has 12 heavy (non-hydrogen) atoms. The standard InChI is InChI=1S/C11H11N/c1-9-4-6-10(7-5-9)11-3-2-8-12-11/h2,4-8H,3H2,1H3. The molecule has 0 atom stereocenters. The van der Waals surface area contributed by atoms with Crippen LogP contribution in [0, 0.1) is 6.92 Å². The zero-order chi connectivity index (χ0) is 8.39. The van der Waals surface area contributed by atoms with E-state index in [1.54, 1.807) is 0 Å². The molecule has 60 valence electrons. The highest BCUT2D eigenvalue weighted by atomic mass is 14.7. The first-order chi connectivity index (χ1) is 5.86. The molecular formula is C11H11N. The van der Waals surface area contributed by atoms with Gasteiger partial charge in [0, 0.05) is 12.6 Å². The summed E-state index contributed by atoms with van der Waals surface area (Å²) >= 11 is 0. The molecule has 1 aliphatic heterocycles. The molecule has 1 aromatic carbocycles. The summed E-state index contributed by atoms with van der Waals surface area (Å²) in [7, 11) is 0. The van der Waals surface area contributed by atoms with E-state index >= 15 is 0 Å². The van der Waals surface area contributed by atoms with Crippen LogP contribution >= 0.6 is 0 Å². The van der Waals surface area contributed by atoms with Crippen LogP contribution in [0.25, 0.3) is 0 Å². The smallest absolute Gasteiger partial charge is 0.0513 e. The number of hydrogen-bond donors (Lipinski definition) is 0. The molecule has 0 fully saturated rings. The van der Waals surface area contributed by atoms with Crippen molar-refractivity contribution in [2.75, 3.05) is 0 Å². The van der Waals surface area contributed by atoms with Crippen molar-refractivity contribution < 1.29 is 0 Å². The van der Waals surface area contributed by atoms with Gasteiger partial charge in [0.15, 0.2) is 0 Å². The van der Waals surface area contributed by atoms with E-state index in [2.05, 4.69) is 42.3 Å². The Morgan fingerprint density at radius 2 is 1.92 bits per heavy atom. The maximum Gasteiger partial charge on any atom is 0.0513 e. The zero-order valence-electron chi connectivity index (χ0n) is 7.12. The van der Waals surface area contributed by atoms with E-state index in [0.29, 0.717) is 0 Å². The molecule has 1 heterocycles. The van der Waals surface area contributed by atoms with Gasteiger partial charge in [0.05, 0.1) is 5.71 Å². The molecule has 0 bridgehead atoms. The average Bonchev–Trinajstić information content (AvgIpc) is 2.58. The van der Waals surface area contributed by atoms with Crippen LogP contribution < -0.4 is 0 Å². The minimum Gasteiger partial charge on any atom is -0.261 e. The maximum atomic E-state index is 4.27. The van der Waals surface area contributed by atoms with E-state index in [4.69, 9.17) is 0 Å². The Labute approximate surface area is 72.5 Å². The van der Waals surface area contributed by atoms with Gasteiger partial charge in [-0.15, -0.1) is 0 Å². The third-order valence-electron chi connectivity index (χ3n) is 2.03. The first-order valence-corrected chi connectivity index (χ1v) is 4.15. The van der Waals surface area contributed by atoms with Crippen LogP contribution in [0.4, 0.5) is 0 Å². The second-order valence-corrected chi connectivity index (χ2v) is 3.03. The van der Waals surface area contributed by atoms with E-state index in [0.717, 1.165) is 6.42 Å². The predicted octanol–water partition coefficient (Wildman–Crippen LogP) is 2.70. The Morgan fingerprint density at radius 3 is 2.50 bits per heavy atom.